The summed E-state index contributed by atoms with van der Waals surface area (Å²) in [5.41, 5.74) is 1.68. The molecule has 1 saturated heterocycles. The van der Waals surface area contributed by atoms with Crippen molar-refractivity contribution in [2.24, 2.45) is 0 Å². The van der Waals surface area contributed by atoms with Crippen LogP contribution in [0.3, 0.4) is 0 Å². The monoisotopic (exact) mass is 351 g/mol. The van der Waals surface area contributed by atoms with E-state index in [-0.39, 0.29) is 12.5 Å². The van der Waals surface area contributed by atoms with Gasteiger partial charge in [0.2, 0.25) is 0 Å². The second kappa shape index (κ2) is 7.35. The van der Waals surface area contributed by atoms with Crippen LogP contribution in [0.4, 0.5) is 5.69 Å². The van der Waals surface area contributed by atoms with E-state index < -0.39 is 0 Å². The van der Waals surface area contributed by atoms with Crippen molar-refractivity contribution in [1.82, 2.24) is 0 Å². The maximum atomic E-state index is 12.6. The van der Waals surface area contributed by atoms with Crippen molar-refractivity contribution in [2.45, 2.75) is 0 Å². The number of rotatable bonds is 4. The Bertz CT molecular complexity index is 836. The van der Waals surface area contributed by atoms with Gasteiger partial charge >= 0.3 is 0 Å². The lowest BCUT2D eigenvalue weighted by Gasteiger charge is -2.13. The maximum absolute atomic E-state index is 12.6. The molecule has 0 unspecified atom stereocenters. The zero-order chi connectivity index (χ0) is 16.9. The van der Waals surface area contributed by atoms with E-state index in [0.717, 1.165) is 11.3 Å². The van der Waals surface area contributed by atoms with Gasteiger partial charge in [-0.15, -0.1) is 6.42 Å². The van der Waals surface area contributed by atoms with E-state index in [2.05, 4.69) is 5.92 Å². The average Bonchev–Trinajstić information content (AvgIpc) is 2.88. The van der Waals surface area contributed by atoms with Crippen LogP contribution in [0.1, 0.15) is 5.56 Å². The number of amides is 1. The smallest absolute Gasteiger partial charge is 0.270 e. The van der Waals surface area contributed by atoms with Crippen LogP contribution in [0.2, 0.25) is 0 Å². The summed E-state index contributed by atoms with van der Waals surface area (Å²) >= 11 is 6.65. The minimum atomic E-state index is -0.108. The molecule has 0 radical (unpaired) electrons. The number of carbonyl (C=O) groups excluding carboxylic acids is 1. The van der Waals surface area contributed by atoms with Gasteiger partial charge in [0.1, 0.15) is 12.4 Å². The van der Waals surface area contributed by atoms with Crippen molar-refractivity contribution >= 4 is 46.0 Å². The Kier molecular flexibility index (Phi) is 4.99. The summed E-state index contributed by atoms with van der Waals surface area (Å²) in [7, 11) is 0. The van der Waals surface area contributed by atoms with Crippen molar-refractivity contribution < 1.29 is 9.53 Å². The largest absolute Gasteiger partial charge is 0.481 e. The number of anilines is 1. The van der Waals surface area contributed by atoms with Crippen molar-refractivity contribution in [1.29, 1.82) is 0 Å². The molecule has 1 aliphatic heterocycles. The number of ether oxygens (including phenoxy) is 1. The lowest BCUT2D eigenvalue weighted by atomic mass is 10.2. The fourth-order valence-corrected chi connectivity index (χ4v) is 3.50. The molecule has 0 bridgehead atoms. The first-order valence-electron chi connectivity index (χ1n) is 7.18. The molecule has 118 valence electrons. The molecule has 5 heteroatoms. The van der Waals surface area contributed by atoms with Crippen LogP contribution in [0.25, 0.3) is 6.08 Å². The highest BCUT2D eigenvalue weighted by atomic mass is 32.2. The molecule has 1 aliphatic rings. The van der Waals surface area contributed by atoms with E-state index in [1.54, 1.807) is 4.90 Å². The molecule has 1 heterocycles. The molecule has 0 aliphatic carbocycles. The number of terminal acetylenes is 1. The molecular weight excluding hydrogens is 338 g/mol. The van der Waals surface area contributed by atoms with Gasteiger partial charge in [0.25, 0.3) is 5.91 Å². The predicted molar refractivity (Wildman–Crippen MR) is 103 cm³/mol. The van der Waals surface area contributed by atoms with Crippen LogP contribution in [0.15, 0.2) is 59.5 Å². The predicted octanol–water partition coefficient (Wildman–Crippen LogP) is 4.10. The molecule has 1 amide bonds. The van der Waals surface area contributed by atoms with E-state index in [9.17, 15) is 4.79 Å². The number of hydrogen-bond acceptors (Lipinski definition) is 4. The van der Waals surface area contributed by atoms with Crippen molar-refractivity contribution in [3.63, 3.8) is 0 Å². The summed E-state index contributed by atoms with van der Waals surface area (Å²) in [6, 6.07) is 16.8. The molecule has 0 N–H and O–H groups in total. The van der Waals surface area contributed by atoms with Crippen molar-refractivity contribution in [3.8, 4) is 18.1 Å². The number of nitrogens with zero attached hydrogens (tertiary/aromatic N) is 1. The van der Waals surface area contributed by atoms with Gasteiger partial charge in [0.15, 0.2) is 4.32 Å². The van der Waals surface area contributed by atoms with Crippen molar-refractivity contribution in [2.75, 3.05) is 11.5 Å². The molecule has 3 rings (SSSR count). The van der Waals surface area contributed by atoms with Crippen molar-refractivity contribution in [3.05, 3.63) is 65.1 Å². The van der Waals surface area contributed by atoms with E-state index in [4.69, 9.17) is 23.4 Å². The summed E-state index contributed by atoms with van der Waals surface area (Å²) in [6.45, 7) is 0.231. The Morgan fingerprint density at radius 1 is 1.17 bits per heavy atom. The van der Waals surface area contributed by atoms with Crippen LogP contribution in [-0.2, 0) is 4.79 Å². The highest BCUT2D eigenvalue weighted by Gasteiger charge is 2.33. The second-order valence-corrected chi connectivity index (χ2v) is 6.59. The van der Waals surface area contributed by atoms with Gasteiger partial charge in [-0.05, 0) is 35.9 Å². The first-order valence-corrected chi connectivity index (χ1v) is 8.41. The number of carbonyl (C=O) groups is 1. The molecule has 0 spiro atoms. The third-order valence-corrected chi connectivity index (χ3v) is 4.61. The van der Waals surface area contributed by atoms with E-state index in [0.29, 0.717) is 15.0 Å². The Morgan fingerprint density at radius 3 is 2.54 bits per heavy atom. The molecule has 3 nitrogen and oxygen atoms in total. The molecule has 0 aromatic heterocycles. The minimum absolute atomic E-state index is 0.108. The van der Waals surface area contributed by atoms with Gasteiger partial charge in [-0.25, -0.2) is 0 Å². The van der Waals surface area contributed by atoms with E-state index >= 15 is 0 Å². The fraction of sp³-hybridized carbons (Fsp3) is 0.0526. The Balaban J connectivity index is 1.80. The van der Waals surface area contributed by atoms with E-state index in [1.807, 2.05) is 60.7 Å². The van der Waals surface area contributed by atoms with Crippen LogP contribution < -0.4 is 9.64 Å². The molecular formula is C19H13NO2S2. The second-order valence-electron chi connectivity index (χ2n) is 4.91. The van der Waals surface area contributed by atoms with Gasteiger partial charge in [0.05, 0.1) is 10.6 Å². The van der Waals surface area contributed by atoms with Crippen LogP contribution in [0, 0.1) is 12.3 Å². The normalized spacial score (nSPS) is 15.6. The number of benzene rings is 2. The fourth-order valence-electron chi connectivity index (χ4n) is 2.20. The number of para-hydroxylation sites is 1. The molecule has 0 saturated carbocycles. The standard InChI is InChI=1S/C19H13NO2S2/c1-2-12-22-16-10-8-14(9-11-16)13-17-18(21)20(19(23)24-17)15-6-4-3-5-7-15/h1,3-11,13H,12H2/b17-13+. The maximum Gasteiger partial charge on any atom is 0.270 e. The quantitative estimate of drug-likeness (QED) is 0.471. The van der Waals surface area contributed by atoms with E-state index in [1.165, 1.54) is 11.8 Å². The first-order chi connectivity index (χ1) is 11.7. The summed E-state index contributed by atoms with van der Waals surface area (Å²) in [4.78, 5) is 14.8. The minimum Gasteiger partial charge on any atom is -0.481 e. The molecule has 0 atom stereocenters. The zero-order valence-electron chi connectivity index (χ0n) is 12.6. The summed E-state index contributed by atoms with van der Waals surface area (Å²) in [5.74, 6) is 3.01. The van der Waals surface area contributed by atoms with Gasteiger partial charge < -0.3 is 4.74 Å². The highest BCUT2D eigenvalue weighted by molar-refractivity contribution is 8.27. The third kappa shape index (κ3) is 3.51. The number of hydrogen-bond donors (Lipinski definition) is 0. The topological polar surface area (TPSA) is 29.5 Å². The first kappa shape index (κ1) is 16.3. The molecule has 24 heavy (non-hydrogen) atoms. The Morgan fingerprint density at radius 2 is 1.88 bits per heavy atom. The zero-order valence-corrected chi connectivity index (χ0v) is 14.3. The number of thiocarbonyl (C=S) groups is 1. The summed E-state index contributed by atoms with van der Waals surface area (Å²) in [6.07, 6.45) is 6.99. The molecule has 2 aromatic carbocycles. The highest BCUT2D eigenvalue weighted by Crippen LogP contribution is 2.35. The Labute approximate surface area is 150 Å². The number of thioether (sulfide) groups is 1. The van der Waals surface area contributed by atoms with Crippen LogP contribution in [-0.4, -0.2) is 16.8 Å². The Hall–Kier alpha value is -2.55. The summed E-state index contributed by atoms with van der Waals surface area (Å²) < 4.78 is 5.87. The summed E-state index contributed by atoms with van der Waals surface area (Å²) in [5, 5.41) is 0. The lowest BCUT2D eigenvalue weighted by Crippen LogP contribution is -2.27. The average molecular weight is 351 g/mol. The van der Waals surface area contributed by atoms with Gasteiger partial charge in [-0.2, -0.15) is 0 Å². The lowest BCUT2D eigenvalue weighted by molar-refractivity contribution is -0.113. The van der Waals surface area contributed by atoms with Gasteiger partial charge in [-0.1, -0.05) is 60.2 Å². The van der Waals surface area contributed by atoms with Crippen LogP contribution in [0.5, 0.6) is 5.75 Å². The molecule has 2 aromatic rings. The SMILES string of the molecule is C#CCOc1ccc(/C=C2/SC(=S)N(c3ccccc3)C2=O)cc1. The third-order valence-electron chi connectivity index (χ3n) is 3.31. The van der Waals surface area contributed by atoms with Gasteiger partial charge in [-0.3, -0.25) is 9.69 Å². The molecule has 1 fully saturated rings. The van der Waals surface area contributed by atoms with Gasteiger partial charge in [0, 0.05) is 0 Å². The van der Waals surface area contributed by atoms with Crippen LogP contribution >= 0.6 is 24.0 Å².